The third-order valence-electron chi connectivity index (χ3n) is 4.90. The quantitative estimate of drug-likeness (QED) is 0.847. The molecular formula is C16H18N6O3. The van der Waals surface area contributed by atoms with Crippen molar-refractivity contribution in [2.75, 3.05) is 18.5 Å². The summed E-state index contributed by atoms with van der Waals surface area (Å²) in [5.74, 6) is -0.139. The number of carbonyl (C=O) groups is 2. The summed E-state index contributed by atoms with van der Waals surface area (Å²) in [6.07, 6.45) is 1.41. The molecule has 0 saturated carbocycles. The van der Waals surface area contributed by atoms with E-state index in [-0.39, 0.29) is 24.2 Å². The molecule has 0 atom stereocenters. The van der Waals surface area contributed by atoms with Crippen LogP contribution in [-0.4, -0.2) is 56.1 Å². The molecule has 2 aliphatic heterocycles. The van der Waals surface area contributed by atoms with Crippen LogP contribution >= 0.6 is 0 Å². The number of nitrogens with zero attached hydrogens (tertiary/aromatic N) is 4. The highest BCUT2D eigenvalue weighted by Crippen LogP contribution is 2.38. The topological polar surface area (TPSA) is 113 Å². The molecule has 9 nitrogen and oxygen atoms in total. The molecule has 0 radical (unpaired) electrons. The van der Waals surface area contributed by atoms with Crippen LogP contribution in [0, 0.1) is 0 Å². The van der Waals surface area contributed by atoms with Gasteiger partial charge in [-0.1, -0.05) is 23.3 Å². The van der Waals surface area contributed by atoms with Crippen molar-refractivity contribution in [3.8, 4) is 0 Å². The fourth-order valence-corrected chi connectivity index (χ4v) is 3.61. The Labute approximate surface area is 143 Å². The van der Waals surface area contributed by atoms with Crippen molar-refractivity contribution >= 4 is 17.8 Å². The van der Waals surface area contributed by atoms with E-state index in [1.54, 1.807) is 0 Å². The molecule has 1 aromatic heterocycles. The second-order valence-electron chi connectivity index (χ2n) is 6.35. The maximum Gasteiger partial charge on any atom is 0.269 e. The summed E-state index contributed by atoms with van der Waals surface area (Å²) in [6.45, 7) is 1.57. The van der Waals surface area contributed by atoms with Crippen LogP contribution < -0.4 is 5.32 Å². The van der Waals surface area contributed by atoms with Crippen molar-refractivity contribution in [3.63, 3.8) is 0 Å². The van der Waals surface area contributed by atoms with Gasteiger partial charge in [0.15, 0.2) is 0 Å². The molecule has 1 fully saturated rings. The Morgan fingerprint density at radius 3 is 2.84 bits per heavy atom. The zero-order valence-electron chi connectivity index (χ0n) is 13.6. The van der Waals surface area contributed by atoms with Gasteiger partial charge in [0.1, 0.15) is 0 Å². The molecule has 1 saturated heterocycles. The fraction of sp³-hybridized carbons (Fsp3) is 0.438. The normalized spacial score (nSPS) is 18.9. The van der Waals surface area contributed by atoms with E-state index in [9.17, 15) is 9.59 Å². The molecule has 2 N–H and O–H groups in total. The minimum Gasteiger partial charge on any atom is -0.381 e. The third-order valence-corrected chi connectivity index (χ3v) is 4.90. The van der Waals surface area contributed by atoms with Gasteiger partial charge in [0, 0.05) is 25.3 Å². The van der Waals surface area contributed by atoms with Crippen LogP contribution in [0.25, 0.3) is 0 Å². The first-order chi connectivity index (χ1) is 12.2. The Bertz CT molecular complexity index is 785. The van der Waals surface area contributed by atoms with E-state index in [0.717, 1.165) is 5.56 Å². The summed E-state index contributed by atoms with van der Waals surface area (Å²) in [6, 6.07) is 7.58. The summed E-state index contributed by atoms with van der Waals surface area (Å²) in [5.41, 5.74) is 1.14. The minimum absolute atomic E-state index is 0.0233. The third kappa shape index (κ3) is 2.86. The molecule has 9 heteroatoms. The van der Waals surface area contributed by atoms with Crippen molar-refractivity contribution in [2.24, 2.45) is 0 Å². The molecule has 2 aliphatic rings. The molecule has 130 valence electrons. The maximum absolute atomic E-state index is 12.9. The number of amides is 2. The number of anilines is 1. The lowest BCUT2D eigenvalue weighted by atomic mass is 9.84. The number of H-pyrrole nitrogens is 1. The first-order valence-electron chi connectivity index (χ1n) is 8.19. The zero-order valence-corrected chi connectivity index (χ0v) is 13.6. The van der Waals surface area contributed by atoms with Gasteiger partial charge in [-0.3, -0.25) is 14.9 Å². The van der Waals surface area contributed by atoms with E-state index < -0.39 is 5.54 Å². The predicted octanol–water partition coefficient (Wildman–Crippen LogP) is 0.733. The second kappa shape index (κ2) is 6.25. The Morgan fingerprint density at radius 1 is 1.32 bits per heavy atom. The highest BCUT2D eigenvalue weighted by atomic mass is 16.5. The number of rotatable bonds is 4. The zero-order chi connectivity index (χ0) is 17.3. The van der Waals surface area contributed by atoms with Crippen LogP contribution in [0.5, 0.6) is 0 Å². The van der Waals surface area contributed by atoms with E-state index in [1.807, 2.05) is 29.2 Å². The summed E-state index contributed by atoms with van der Waals surface area (Å²) >= 11 is 0. The predicted molar refractivity (Wildman–Crippen MR) is 86.5 cm³/mol. The number of fused-ring (bicyclic) bond motifs is 1. The first-order valence-corrected chi connectivity index (χ1v) is 8.19. The van der Waals surface area contributed by atoms with E-state index in [2.05, 4.69) is 25.9 Å². The Hall–Kier alpha value is -2.81. The van der Waals surface area contributed by atoms with Gasteiger partial charge >= 0.3 is 0 Å². The van der Waals surface area contributed by atoms with Crippen LogP contribution in [0.4, 0.5) is 5.95 Å². The van der Waals surface area contributed by atoms with Crippen LogP contribution in [-0.2, 0) is 16.1 Å². The maximum atomic E-state index is 12.9. The number of hydrogen-bond acceptors (Lipinski definition) is 6. The standard InChI is InChI=1S/C16H18N6O3/c23-13(17-15-18-20-21-19-15)9-16(5-7-25-8-6-16)22-10-11-3-1-2-4-12(11)14(22)24/h1-4H,5-10H2,(H2,17,18,19,20,21,23). The Morgan fingerprint density at radius 2 is 2.12 bits per heavy atom. The van der Waals surface area contributed by atoms with E-state index >= 15 is 0 Å². The van der Waals surface area contributed by atoms with Crippen molar-refractivity contribution in [2.45, 2.75) is 31.3 Å². The number of aromatic amines is 1. The number of carbonyl (C=O) groups excluding carboxylic acids is 2. The average Bonchev–Trinajstić information content (AvgIpc) is 3.24. The number of benzene rings is 1. The van der Waals surface area contributed by atoms with Gasteiger partial charge in [-0.25, -0.2) is 0 Å². The molecule has 3 heterocycles. The lowest BCUT2D eigenvalue weighted by Crippen LogP contribution is -2.54. The van der Waals surface area contributed by atoms with Gasteiger partial charge in [0.2, 0.25) is 5.91 Å². The molecule has 0 spiro atoms. The van der Waals surface area contributed by atoms with Crippen LogP contribution in [0.15, 0.2) is 24.3 Å². The van der Waals surface area contributed by atoms with E-state index in [0.29, 0.717) is 38.2 Å². The molecule has 0 aliphatic carbocycles. The molecule has 2 amide bonds. The number of tetrazole rings is 1. The van der Waals surface area contributed by atoms with Gasteiger partial charge in [-0.15, -0.1) is 5.10 Å². The molecule has 0 bridgehead atoms. The minimum atomic E-state index is -0.567. The summed E-state index contributed by atoms with van der Waals surface area (Å²) in [7, 11) is 0. The van der Waals surface area contributed by atoms with Gasteiger partial charge in [-0.05, 0) is 29.7 Å². The molecule has 1 aromatic carbocycles. The second-order valence-corrected chi connectivity index (χ2v) is 6.35. The van der Waals surface area contributed by atoms with Gasteiger partial charge < -0.3 is 9.64 Å². The monoisotopic (exact) mass is 342 g/mol. The summed E-state index contributed by atoms with van der Waals surface area (Å²) in [4.78, 5) is 27.3. The lowest BCUT2D eigenvalue weighted by molar-refractivity contribution is -0.120. The van der Waals surface area contributed by atoms with Crippen molar-refractivity contribution in [1.82, 2.24) is 25.5 Å². The SMILES string of the molecule is O=C(CC1(N2Cc3ccccc3C2=O)CCOCC1)Nc1nn[nH]n1. The number of ether oxygens (including phenoxy) is 1. The van der Waals surface area contributed by atoms with Crippen LogP contribution in [0.1, 0.15) is 35.2 Å². The highest BCUT2D eigenvalue weighted by Gasteiger charge is 2.46. The van der Waals surface area contributed by atoms with Crippen molar-refractivity contribution < 1.29 is 14.3 Å². The highest BCUT2D eigenvalue weighted by molar-refractivity contribution is 5.99. The molecule has 25 heavy (non-hydrogen) atoms. The fourth-order valence-electron chi connectivity index (χ4n) is 3.61. The number of aromatic nitrogens is 4. The van der Waals surface area contributed by atoms with Crippen molar-refractivity contribution in [3.05, 3.63) is 35.4 Å². The van der Waals surface area contributed by atoms with Gasteiger partial charge in [0.05, 0.1) is 12.0 Å². The van der Waals surface area contributed by atoms with Crippen LogP contribution in [0.2, 0.25) is 0 Å². The largest absolute Gasteiger partial charge is 0.381 e. The number of hydrogen-bond donors (Lipinski definition) is 2. The van der Waals surface area contributed by atoms with Gasteiger partial charge in [-0.2, -0.15) is 5.21 Å². The molecule has 4 rings (SSSR count). The Balaban J connectivity index is 1.58. The van der Waals surface area contributed by atoms with Crippen LogP contribution in [0.3, 0.4) is 0 Å². The molecule has 0 unspecified atom stereocenters. The van der Waals surface area contributed by atoms with Gasteiger partial charge in [0.25, 0.3) is 11.9 Å². The van der Waals surface area contributed by atoms with E-state index in [1.165, 1.54) is 0 Å². The smallest absolute Gasteiger partial charge is 0.269 e. The number of nitrogens with one attached hydrogen (secondary N) is 2. The average molecular weight is 342 g/mol. The first kappa shape index (κ1) is 15.7. The lowest BCUT2D eigenvalue weighted by Gasteiger charge is -2.44. The van der Waals surface area contributed by atoms with Crippen molar-refractivity contribution in [1.29, 1.82) is 0 Å². The Kier molecular flexibility index (Phi) is 3.92. The van der Waals surface area contributed by atoms with E-state index in [4.69, 9.17) is 4.74 Å². The summed E-state index contributed by atoms with van der Waals surface area (Å²) in [5, 5.41) is 15.8. The summed E-state index contributed by atoms with van der Waals surface area (Å²) < 4.78 is 5.47. The molecular weight excluding hydrogens is 324 g/mol. The molecule has 2 aromatic rings.